The first kappa shape index (κ1) is 14.6. The first-order valence-corrected chi connectivity index (χ1v) is 5.43. The van der Waals surface area contributed by atoms with Crippen LogP contribution in [0.4, 0.5) is 34.6 Å². The Morgan fingerprint density at radius 3 is 1.50 bits per heavy atom. The summed E-state index contributed by atoms with van der Waals surface area (Å²) in [6.45, 7) is 0. The van der Waals surface area contributed by atoms with Crippen molar-refractivity contribution in [1.29, 1.82) is 0 Å². The summed E-state index contributed by atoms with van der Waals surface area (Å²) in [5, 5.41) is 21.8. The summed E-state index contributed by atoms with van der Waals surface area (Å²) < 4.78 is 0. The van der Waals surface area contributed by atoms with Gasteiger partial charge in [-0.2, -0.15) is 0 Å². The fourth-order valence-corrected chi connectivity index (χ4v) is 1.45. The number of anilines is 4. The number of nitro groups is 2. The smallest absolute Gasteiger partial charge is 0.354 e. The van der Waals surface area contributed by atoms with Crippen molar-refractivity contribution in [3.8, 4) is 0 Å². The lowest BCUT2D eigenvalue weighted by Gasteiger charge is -2.09. The largest absolute Gasteiger partial charge is 0.378 e. The lowest BCUT2D eigenvalue weighted by atomic mass is 10.4. The number of nitrogens with zero attached hydrogens (tertiary/aromatic N) is 6. The molecular formula is C8H8N10O4. The predicted molar refractivity (Wildman–Crippen MR) is 73.4 cm³/mol. The molecule has 2 aromatic rings. The second-order valence-corrected chi connectivity index (χ2v) is 3.68. The van der Waals surface area contributed by atoms with Crippen LogP contribution in [0.5, 0.6) is 0 Å². The molecule has 0 radical (unpaired) electrons. The third-order valence-corrected chi connectivity index (χ3v) is 2.37. The molecule has 14 heteroatoms. The number of nitrogen functional groups attached to an aromatic ring is 2. The Bertz CT molecular complexity index is 686. The average Bonchev–Trinajstić information content (AvgIpc) is 2.44. The van der Waals surface area contributed by atoms with E-state index in [0.29, 0.717) is 0 Å². The van der Waals surface area contributed by atoms with Gasteiger partial charge >= 0.3 is 11.4 Å². The maximum absolute atomic E-state index is 10.9. The fourth-order valence-electron chi connectivity index (χ4n) is 1.45. The zero-order chi connectivity index (χ0) is 16.3. The Morgan fingerprint density at radius 1 is 0.818 bits per heavy atom. The Hall–Kier alpha value is -3.84. The molecule has 0 fully saturated rings. The number of nitrogens with two attached hydrogens (primary N) is 2. The van der Waals surface area contributed by atoms with Gasteiger partial charge in [-0.15, -0.1) is 0 Å². The molecule has 0 saturated carbocycles. The van der Waals surface area contributed by atoms with Gasteiger partial charge in [0.15, 0.2) is 0 Å². The van der Waals surface area contributed by atoms with Gasteiger partial charge in [0.1, 0.15) is 12.7 Å². The van der Waals surface area contributed by atoms with Crippen molar-refractivity contribution in [2.24, 2.45) is 0 Å². The van der Waals surface area contributed by atoms with E-state index >= 15 is 0 Å². The number of rotatable bonds is 5. The molecule has 114 valence electrons. The summed E-state index contributed by atoms with van der Waals surface area (Å²) in [4.78, 5) is 34.4. The van der Waals surface area contributed by atoms with Crippen molar-refractivity contribution in [3.05, 3.63) is 32.9 Å². The summed E-state index contributed by atoms with van der Waals surface area (Å²) in [6.07, 6.45) is 1.96. The molecule has 2 heterocycles. The first-order chi connectivity index (χ1) is 10.4. The van der Waals surface area contributed by atoms with E-state index in [-0.39, 0.29) is 23.3 Å². The van der Waals surface area contributed by atoms with Crippen LogP contribution in [0.15, 0.2) is 12.7 Å². The first-order valence-electron chi connectivity index (χ1n) is 5.43. The van der Waals surface area contributed by atoms with Crippen LogP contribution in [0, 0.1) is 20.2 Å². The molecule has 0 aliphatic carbocycles. The molecule has 14 nitrogen and oxygen atoms in total. The van der Waals surface area contributed by atoms with Crippen molar-refractivity contribution >= 4 is 34.6 Å². The van der Waals surface area contributed by atoms with Crippen molar-refractivity contribution < 1.29 is 9.85 Å². The van der Waals surface area contributed by atoms with Gasteiger partial charge in [0, 0.05) is 0 Å². The van der Waals surface area contributed by atoms with Gasteiger partial charge in [-0.3, -0.25) is 31.1 Å². The number of hydrogen-bond acceptors (Lipinski definition) is 12. The monoisotopic (exact) mass is 308 g/mol. The van der Waals surface area contributed by atoms with Crippen molar-refractivity contribution in [2.45, 2.75) is 0 Å². The van der Waals surface area contributed by atoms with E-state index in [1.165, 1.54) is 0 Å². The lowest BCUT2D eigenvalue weighted by molar-refractivity contribution is -0.383. The summed E-state index contributed by atoms with van der Waals surface area (Å²) in [5.41, 5.74) is 14.2. The van der Waals surface area contributed by atoms with Crippen LogP contribution in [-0.4, -0.2) is 29.8 Å². The summed E-state index contributed by atoms with van der Waals surface area (Å²) in [5.74, 6) is -1.35. The van der Waals surface area contributed by atoms with Crippen LogP contribution in [0.3, 0.4) is 0 Å². The van der Waals surface area contributed by atoms with Gasteiger partial charge in [-0.25, -0.2) is 19.9 Å². The molecular weight excluding hydrogens is 300 g/mol. The standard InChI is InChI=1S/C8H8N10O4/c9-5-3(17(19)20)7(13-1-11-5)15-16-8-4(18(21)22)6(10)12-2-14-8/h1-2H,(H3,9,11,13,15)(H3,10,12,14,16). The topological polar surface area (TPSA) is 214 Å². The van der Waals surface area contributed by atoms with Crippen LogP contribution in [0.25, 0.3) is 0 Å². The lowest BCUT2D eigenvalue weighted by Crippen LogP contribution is -2.16. The fraction of sp³-hybridized carbons (Fsp3) is 0. The Labute approximate surface area is 120 Å². The van der Waals surface area contributed by atoms with E-state index in [1.807, 2.05) is 0 Å². The molecule has 2 rings (SSSR count). The Morgan fingerprint density at radius 2 is 1.18 bits per heavy atom. The molecule has 0 aliphatic heterocycles. The Kier molecular flexibility index (Phi) is 3.74. The maximum Gasteiger partial charge on any atom is 0.354 e. The normalized spacial score (nSPS) is 10.0. The summed E-state index contributed by atoms with van der Waals surface area (Å²) in [6, 6.07) is 0. The van der Waals surface area contributed by atoms with Crippen molar-refractivity contribution in [3.63, 3.8) is 0 Å². The molecule has 0 aromatic carbocycles. The van der Waals surface area contributed by atoms with E-state index in [4.69, 9.17) is 11.5 Å². The van der Waals surface area contributed by atoms with Gasteiger partial charge < -0.3 is 11.5 Å². The van der Waals surface area contributed by atoms with Gasteiger partial charge in [0.25, 0.3) is 0 Å². The third-order valence-electron chi connectivity index (χ3n) is 2.37. The minimum absolute atomic E-state index is 0.302. The van der Waals surface area contributed by atoms with E-state index in [1.54, 1.807) is 0 Å². The number of hydrazine groups is 1. The number of hydrogen-bond donors (Lipinski definition) is 4. The van der Waals surface area contributed by atoms with Gasteiger partial charge in [0.2, 0.25) is 23.3 Å². The highest BCUT2D eigenvalue weighted by atomic mass is 16.6. The molecule has 0 spiro atoms. The second-order valence-electron chi connectivity index (χ2n) is 3.68. The molecule has 6 N–H and O–H groups in total. The molecule has 22 heavy (non-hydrogen) atoms. The Balaban J connectivity index is 2.33. The van der Waals surface area contributed by atoms with Crippen LogP contribution < -0.4 is 22.3 Å². The highest BCUT2D eigenvalue weighted by molar-refractivity contribution is 5.72. The number of nitrogens with one attached hydrogen (secondary N) is 2. The van der Waals surface area contributed by atoms with Crippen molar-refractivity contribution in [2.75, 3.05) is 22.3 Å². The molecule has 0 unspecified atom stereocenters. The van der Waals surface area contributed by atoms with Crippen LogP contribution >= 0.6 is 0 Å². The molecule has 0 saturated heterocycles. The summed E-state index contributed by atoms with van der Waals surface area (Å²) in [7, 11) is 0. The zero-order valence-electron chi connectivity index (χ0n) is 10.6. The number of aromatic nitrogens is 4. The molecule has 0 amide bonds. The van der Waals surface area contributed by atoms with Gasteiger partial charge in [0.05, 0.1) is 9.85 Å². The van der Waals surface area contributed by atoms with Gasteiger partial charge in [-0.05, 0) is 0 Å². The minimum Gasteiger partial charge on any atom is -0.378 e. The SMILES string of the molecule is Nc1ncnc(NNc2ncnc(N)c2[N+](=O)[O-])c1[N+](=O)[O-]. The predicted octanol–water partition coefficient (Wildman–Crippen LogP) is -0.314. The molecule has 0 bridgehead atoms. The minimum atomic E-state index is -0.803. The molecule has 0 aliphatic rings. The van der Waals surface area contributed by atoms with E-state index < -0.39 is 21.2 Å². The molecule has 0 atom stereocenters. The van der Waals surface area contributed by atoms with Crippen LogP contribution in [0.1, 0.15) is 0 Å². The van der Waals surface area contributed by atoms with Crippen molar-refractivity contribution in [1.82, 2.24) is 19.9 Å². The van der Waals surface area contributed by atoms with Crippen LogP contribution in [0.2, 0.25) is 0 Å². The highest BCUT2D eigenvalue weighted by Gasteiger charge is 2.24. The average molecular weight is 308 g/mol. The maximum atomic E-state index is 10.9. The van der Waals surface area contributed by atoms with Crippen LogP contribution in [-0.2, 0) is 0 Å². The quantitative estimate of drug-likeness (QED) is 0.413. The zero-order valence-corrected chi connectivity index (χ0v) is 10.6. The van der Waals surface area contributed by atoms with E-state index in [9.17, 15) is 20.2 Å². The summed E-state index contributed by atoms with van der Waals surface area (Å²) >= 11 is 0. The molecule has 2 aromatic heterocycles. The second kappa shape index (κ2) is 5.65. The van der Waals surface area contributed by atoms with Gasteiger partial charge in [-0.1, -0.05) is 0 Å². The van der Waals surface area contributed by atoms with E-state index in [0.717, 1.165) is 12.7 Å². The third kappa shape index (κ3) is 2.69. The highest BCUT2D eigenvalue weighted by Crippen LogP contribution is 2.29. The van der Waals surface area contributed by atoms with E-state index in [2.05, 4.69) is 30.8 Å².